The smallest absolute Gasteiger partial charge is 0.337 e. The summed E-state index contributed by atoms with van der Waals surface area (Å²) in [5.41, 5.74) is 0.297. The van der Waals surface area contributed by atoms with E-state index in [0.717, 1.165) is 12.8 Å². The first-order chi connectivity index (χ1) is 7.59. The van der Waals surface area contributed by atoms with E-state index in [1.807, 2.05) is 0 Å². The molecule has 0 aliphatic heterocycles. The van der Waals surface area contributed by atoms with Gasteiger partial charge in [0, 0.05) is 0 Å². The Morgan fingerprint density at radius 3 is 2.19 bits per heavy atom. The average Bonchev–Trinajstić information content (AvgIpc) is 2.26. The molecule has 0 aliphatic carbocycles. The molecule has 0 heterocycles. The van der Waals surface area contributed by atoms with E-state index in [1.54, 1.807) is 6.92 Å². The highest BCUT2D eigenvalue weighted by molar-refractivity contribution is 5.88. The van der Waals surface area contributed by atoms with Crippen LogP contribution in [0.25, 0.3) is 0 Å². The van der Waals surface area contributed by atoms with E-state index >= 15 is 0 Å². The number of ether oxygens (including phenoxy) is 1. The van der Waals surface area contributed by atoms with Gasteiger partial charge in [-0.05, 0) is 20.3 Å². The van der Waals surface area contributed by atoms with Crippen LogP contribution >= 0.6 is 0 Å². The fraction of sp³-hybridized carbons (Fsp3) is 0.769. The Bertz CT molecular complexity index is 227. The van der Waals surface area contributed by atoms with Crippen LogP contribution in [0.4, 0.5) is 0 Å². The number of aliphatic hydroxyl groups excluding tert-OH is 1. The highest BCUT2D eigenvalue weighted by atomic mass is 16.5. The van der Waals surface area contributed by atoms with Gasteiger partial charge in [0.1, 0.15) is 0 Å². The zero-order chi connectivity index (χ0) is 12.4. The quantitative estimate of drug-likeness (QED) is 0.298. The van der Waals surface area contributed by atoms with Crippen molar-refractivity contribution in [3.8, 4) is 0 Å². The lowest BCUT2D eigenvalue weighted by atomic mass is 10.1. The summed E-state index contributed by atoms with van der Waals surface area (Å²) in [6.07, 6.45) is 7.01. The normalized spacial score (nSPS) is 12.2. The molecular weight excluding hydrogens is 204 g/mol. The number of aliphatic hydroxyl groups is 1. The van der Waals surface area contributed by atoms with Gasteiger partial charge in [-0.15, -0.1) is 0 Å². The van der Waals surface area contributed by atoms with Crippen LogP contribution in [0.1, 0.15) is 59.3 Å². The molecular formula is C13H24O3. The molecule has 1 N–H and O–H groups in total. The first-order valence-electron chi connectivity index (χ1n) is 6.13. The Morgan fingerprint density at radius 1 is 1.06 bits per heavy atom. The fourth-order valence-electron chi connectivity index (χ4n) is 1.30. The third-order valence-electron chi connectivity index (χ3n) is 2.58. The van der Waals surface area contributed by atoms with Gasteiger partial charge in [-0.3, -0.25) is 0 Å². The van der Waals surface area contributed by atoms with Gasteiger partial charge in [0.2, 0.25) is 0 Å². The monoisotopic (exact) mass is 228 g/mol. The molecule has 0 fully saturated rings. The van der Waals surface area contributed by atoms with E-state index in [0.29, 0.717) is 12.2 Å². The van der Waals surface area contributed by atoms with Crippen molar-refractivity contribution in [2.24, 2.45) is 0 Å². The molecule has 0 atom stereocenters. The van der Waals surface area contributed by atoms with Gasteiger partial charge in [0.05, 0.1) is 17.9 Å². The van der Waals surface area contributed by atoms with Crippen molar-refractivity contribution in [1.82, 2.24) is 0 Å². The standard InChI is InChI=1S/C13H24O3/c1-4-5-6-7-8-9-10-16-13(15)11(2)12(3)14/h14H,4-10H2,1-3H3/b12-11-. The van der Waals surface area contributed by atoms with Crippen LogP contribution in [0.3, 0.4) is 0 Å². The summed E-state index contributed by atoms with van der Waals surface area (Å²) in [6, 6.07) is 0. The van der Waals surface area contributed by atoms with Crippen molar-refractivity contribution in [2.45, 2.75) is 59.3 Å². The molecule has 0 unspecified atom stereocenters. The summed E-state index contributed by atoms with van der Waals surface area (Å²) in [6.45, 7) is 5.70. The molecule has 0 bridgehead atoms. The SMILES string of the molecule is CCCCCCCCOC(=O)/C(C)=C(/C)O. The second-order valence-electron chi connectivity index (χ2n) is 4.11. The number of rotatable bonds is 8. The number of allylic oxidation sites excluding steroid dienone is 1. The van der Waals surface area contributed by atoms with Crippen molar-refractivity contribution in [1.29, 1.82) is 0 Å². The van der Waals surface area contributed by atoms with Crippen LogP contribution in [0.2, 0.25) is 0 Å². The Hall–Kier alpha value is -0.990. The van der Waals surface area contributed by atoms with Gasteiger partial charge in [0.15, 0.2) is 0 Å². The molecule has 0 aromatic rings. The second-order valence-corrected chi connectivity index (χ2v) is 4.11. The fourth-order valence-corrected chi connectivity index (χ4v) is 1.30. The van der Waals surface area contributed by atoms with Crippen LogP contribution in [-0.4, -0.2) is 17.7 Å². The third kappa shape index (κ3) is 7.32. The molecule has 3 heteroatoms. The summed E-state index contributed by atoms with van der Waals surface area (Å²) in [4.78, 5) is 11.3. The molecule has 0 rings (SSSR count). The second kappa shape index (κ2) is 9.25. The third-order valence-corrected chi connectivity index (χ3v) is 2.58. The predicted octanol–water partition coefficient (Wildman–Crippen LogP) is 3.74. The average molecular weight is 228 g/mol. The maximum atomic E-state index is 11.3. The molecule has 0 aromatic carbocycles. The highest BCUT2D eigenvalue weighted by Crippen LogP contribution is 2.06. The molecule has 0 saturated heterocycles. The number of carbonyl (C=O) groups excluding carboxylic acids is 1. The lowest BCUT2D eigenvalue weighted by molar-refractivity contribution is -0.139. The summed E-state index contributed by atoms with van der Waals surface area (Å²) in [7, 11) is 0. The van der Waals surface area contributed by atoms with E-state index < -0.39 is 5.97 Å². The molecule has 0 aromatic heterocycles. The van der Waals surface area contributed by atoms with Crippen LogP contribution in [0, 0.1) is 0 Å². The van der Waals surface area contributed by atoms with E-state index in [2.05, 4.69) is 6.92 Å². The summed E-state index contributed by atoms with van der Waals surface area (Å²) in [5, 5.41) is 9.07. The van der Waals surface area contributed by atoms with Crippen LogP contribution in [0.15, 0.2) is 11.3 Å². The summed E-state index contributed by atoms with van der Waals surface area (Å²) < 4.78 is 5.01. The Balaban J connectivity index is 3.46. The maximum Gasteiger partial charge on any atom is 0.337 e. The first-order valence-corrected chi connectivity index (χ1v) is 6.13. The van der Waals surface area contributed by atoms with Gasteiger partial charge in [-0.2, -0.15) is 0 Å². The van der Waals surface area contributed by atoms with Crippen LogP contribution in [0.5, 0.6) is 0 Å². The van der Waals surface area contributed by atoms with Gasteiger partial charge in [-0.25, -0.2) is 4.79 Å². The molecule has 94 valence electrons. The number of hydrogen-bond acceptors (Lipinski definition) is 3. The number of unbranched alkanes of at least 4 members (excludes halogenated alkanes) is 5. The van der Waals surface area contributed by atoms with E-state index in [1.165, 1.54) is 32.6 Å². The molecule has 16 heavy (non-hydrogen) atoms. The minimum atomic E-state index is -0.409. The van der Waals surface area contributed by atoms with Crippen molar-refractivity contribution >= 4 is 5.97 Å². The van der Waals surface area contributed by atoms with Crippen molar-refractivity contribution in [3.05, 3.63) is 11.3 Å². The molecule has 0 saturated carbocycles. The zero-order valence-corrected chi connectivity index (χ0v) is 10.7. The van der Waals surface area contributed by atoms with E-state index in [4.69, 9.17) is 9.84 Å². The molecule has 0 radical (unpaired) electrons. The largest absolute Gasteiger partial charge is 0.512 e. The summed E-state index contributed by atoms with van der Waals surface area (Å²) in [5.74, 6) is -0.374. The topological polar surface area (TPSA) is 46.5 Å². The summed E-state index contributed by atoms with van der Waals surface area (Å²) >= 11 is 0. The molecule has 3 nitrogen and oxygen atoms in total. The highest BCUT2D eigenvalue weighted by Gasteiger charge is 2.08. The predicted molar refractivity (Wildman–Crippen MR) is 65.3 cm³/mol. The van der Waals surface area contributed by atoms with Gasteiger partial charge >= 0.3 is 5.97 Å². The van der Waals surface area contributed by atoms with Crippen molar-refractivity contribution in [2.75, 3.05) is 6.61 Å². The number of carbonyl (C=O) groups is 1. The Kier molecular flexibility index (Phi) is 8.68. The minimum absolute atomic E-state index is 0.0351. The Labute approximate surface area is 98.5 Å². The van der Waals surface area contributed by atoms with Crippen LogP contribution in [-0.2, 0) is 9.53 Å². The van der Waals surface area contributed by atoms with E-state index in [-0.39, 0.29) is 5.76 Å². The van der Waals surface area contributed by atoms with Gasteiger partial charge in [-0.1, -0.05) is 39.0 Å². The van der Waals surface area contributed by atoms with E-state index in [9.17, 15) is 4.79 Å². The Morgan fingerprint density at radius 2 is 1.62 bits per heavy atom. The zero-order valence-electron chi connectivity index (χ0n) is 10.7. The number of esters is 1. The van der Waals surface area contributed by atoms with Crippen LogP contribution < -0.4 is 0 Å². The minimum Gasteiger partial charge on any atom is -0.512 e. The van der Waals surface area contributed by atoms with Crippen molar-refractivity contribution in [3.63, 3.8) is 0 Å². The molecule has 0 aliphatic rings. The lowest BCUT2D eigenvalue weighted by Gasteiger charge is -2.05. The van der Waals surface area contributed by atoms with Gasteiger partial charge < -0.3 is 9.84 Å². The molecule has 0 spiro atoms. The lowest BCUT2D eigenvalue weighted by Crippen LogP contribution is -2.08. The first kappa shape index (κ1) is 15.0. The maximum absolute atomic E-state index is 11.3. The molecule has 0 amide bonds. The number of hydrogen-bond donors (Lipinski definition) is 1. The van der Waals surface area contributed by atoms with Gasteiger partial charge in [0.25, 0.3) is 0 Å². The van der Waals surface area contributed by atoms with Crippen molar-refractivity contribution < 1.29 is 14.6 Å².